The van der Waals surface area contributed by atoms with Crippen LogP contribution in [0.1, 0.15) is 12.5 Å². The molecule has 5 nitrogen and oxygen atoms in total. The lowest BCUT2D eigenvalue weighted by Crippen LogP contribution is -2.35. The second kappa shape index (κ2) is 9.76. The van der Waals surface area contributed by atoms with E-state index in [-0.39, 0.29) is 10.6 Å². The Hall–Kier alpha value is -3.16. The number of carbonyl (C=O) groups excluding carboxylic acids is 1. The van der Waals surface area contributed by atoms with Crippen molar-refractivity contribution in [2.75, 3.05) is 10.9 Å². The lowest BCUT2D eigenvalue weighted by molar-refractivity contribution is -0.113. The average molecular weight is 460 g/mol. The molecule has 0 N–H and O–H groups in total. The maximum absolute atomic E-state index is 13.3. The number of benzene rings is 3. The SMILES string of the molecule is CCOc1ccc(N(C(=O)/C=C/c2ccc(F)cc2)S(=O)(=O)c2ccc(Cl)cc2)cc1. The van der Waals surface area contributed by atoms with Gasteiger partial charge in [-0.3, -0.25) is 4.79 Å². The Balaban J connectivity index is 2.01. The summed E-state index contributed by atoms with van der Waals surface area (Å²) in [6.07, 6.45) is 2.54. The van der Waals surface area contributed by atoms with E-state index < -0.39 is 21.7 Å². The highest BCUT2D eigenvalue weighted by Crippen LogP contribution is 2.27. The minimum atomic E-state index is -4.23. The molecule has 3 aromatic carbocycles. The molecule has 3 rings (SSSR count). The molecule has 0 saturated carbocycles. The first-order chi connectivity index (χ1) is 14.8. The second-order valence-corrected chi connectivity index (χ2v) is 8.60. The van der Waals surface area contributed by atoms with Gasteiger partial charge in [0.25, 0.3) is 15.9 Å². The zero-order valence-electron chi connectivity index (χ0n) is 16.5. The molecule has 0 aliphatic rings. The quantitative estimate of drug-likeness (QED) is 0.449. The van der Waals surface area contributed by atoms with Crippen LogP contribution in [0.15, 0.2) is 83.8 Å². The first-order valence-corrected chi connectivity index (χ1v) is 11.1. The van der Waals surface area contributed by atoms with Crippen LogP contribution in [0.5, 0.6) is 5.75 Å². The molecule has 160 valence electrons. The van der Waals surface area contributed by atoms with Gasteiger partial charge in [-0.25, -0.2) is 12.8 Å². The van der Waals surface area contributed by atoms with Crippen molar-refractivity contribution >= 4 is 39.3 Å². The van der Waals surface area contributed by atoms with Gasteiger partial charge in [-0.05, 0) is 79.2 Å². The van der Waals surface area contributed by atoms with Gasteiger partial charge in [0, 0.05) is 11.1 Å². The van der Waals surface area contributed by atoms with Crippen LogP contribution in [0.4, 0.5) is 10.1 Å². The maximum atomic E-state index is 13.3. The van der Waals surface area contributed by atoms with Crippen molar-refractivity contribution in [3.8, 4) is 5.75 Å². The number of rotatable bonds is 7. The van der Waals surface area contributed by atoms with Crippen molar-refractivity contribution in [2.45, 2.75) is 11.8 Å². The number of carbonyl (C=O) groups is 1. The molecular weight excluding hydrogens is 441 g/mol. The second-order valence-electron chi connectivity index (χ2n) is 6.37. The Morgan fingerprint density at radius 2 is 1.61 bits per heavy atom. The van der Waals surface area contributed by atoms with Gasteiger partial charge < -0.3 is 4.74 Å². The lowest BCUT2D eigenvalue weighted by atomic mass is 10.2. The van der Waals surface area contributed by atoms with E-state index in [0.29, 0.717) is 27.2 Å². The number of amides is 1. The zero-order chi connectivity index (χ0) is 22.4. The van der Waals surface area contributed by atoms with Crippen molar-refractivity contribution in [3.05, 3.63) is 95.3 Å². The fraction of sp³-hybridized carbons (Fsp3) is 0.0870. The molecule has 0 unspecified atom stereocenters. The molecule has 31 heavy (non-hydrogen) atoms. The van der Waals surface area contributed by atoms with E-state index in [1.54, 1.807) is 12.1 Å². The molecule has 8 heteroatoms. The number of hydrogen-bond acceptors (Lipinski definition) is 4. The Labute approximate surface area is 185 Å². The number of nitrogens with zero attached hydrogens (tertiary/aromatic N) is 1. The highest BCUT2D eigenvalue weighted by atomic mass is 35.5. The molecule has 3 aromatic rings. The number of halogens is 2. The fourth-order valence-corrected chi connectivity index (χ4v) is 4.26. The lowest BCUT2D eigenvalue weighted by Gasteiger charge is -2.21. The van der Waals surface area contributed by atoms with E-state index in [1.807, 2.05) is 6.92 Å². The van der Waals surface area contributed by atoms with Crippen LogP contribution in [0.2, 0.25) is 5.02 Å². The fourth-order valence-electron chi connectivity index (χ4n) is 2.75. The van der Waals surface area contributed by atoms with Crippen LogP contribution in [-0.2, 0) is 14.8 Å². The van der Waals surface area contributed by atoms with Gasteiger partial charge in [0.2, 0.25) is 0 Å². The zero-order valence-corrected chi connectivity index (χ0v) is 18.1. The highest BCUT2D eigenvalue weighted by molar-refractivity contribution is 7.93. The van der Waals surface area contributed by atoms with Crippen LogP contribution < -0.4 is 9.04 Å². The summed E-state index contributed by atoms with van der Waals surface area (Å²) in [5.74, 6) is -0.655. The van der Waals surface area contributed by atoms with Crippen molar-refractivity contribution in [3.63, 3.8) is 0 Å². The van der Waals surface area contributed by atoms with E-state index in [2.05, 4.69) is 0 Å². The smallest absolute Gasteiger partial charge is 0.271 e. The first kappa shape index (κ1) is 22.5. The summed E-state index contributed by atoms with van der Waals surface area (Å²) in [6.45, 7) is 2.28. The van der Waals surface area contributed by atoms with Crippen LogP contribution in [0.3, 0.4) is 0 Å². The van der Waals surface area contributed by atoms with Gasteiger partial charge in [0.15, 0.2) is 0 Å². The summed E-state index contributed by atoms with van der Waals surface area (Å²) < 4.78 is 45.8. The molecule has 0 fully saturated rings. The van der Waals surface area contributed by atoms with Gasteiger partial charge in [-0.1, -0.05) is 23.7 Å². The number of hydrogen-bond donors (Lipinski definition) is 0. The normalized spacial score (nSPS) is 11.5. The maximum Gasteiger partial charge on any atom is 0.271 e. The molecule has 1 amide bonds. The van der Waals surface area contributed by atoms with E-state index in [4.69, 9.17) is 16.3 Å². The van der Waals surface area contributed by atoms with E-state index >= 15 is 0 Å². The third-order valence-electron chi connectivity index (χ3n) is 4.22. The molecule has 0 aliphatic heterocycles. The molecule has 0 spiro atoms. The highest BCUT2D eigenvalue weighted by Gasteiger charge is 2.29. The minimum absolute atomic E-state index is 0.0886. The third kappa shape index (κ3) is 5.51. The molecule has 0 atom stereocenters. The van der Waals surface area contributed by atoms with Crippen molar-refractivity contribution in [2.24, 2.45) is 0 Å². The monoisotopic (exact) mass is 459 g/mol. The van der Waals surface area contributed by atoms with Crippen molar-refractivity contribution < 1.29 is 22.3 Å². The Morgan fingerprint density at radius 3 is 2.19 bits per heavy atom. The average Bonchev–Trinajstić information content (AvgIpc) is 2.75. The molecule has 0 saturated heterocycles. The largest absolute Gasteiger partial charge is 0.494 e. The van der Waals surface area contributed by atoms with Gasteiger partial charge >= 0.3 is 0 Å². The van der Waals surface area contributed by atoms with Gasteiger partial charge in [-0.15, -0.1) is 0 Å². The predicted octanol–water partition coefficient (Wildman–Crippen LogP) is 5.31. The molecular formula is C23H19ClFNO4S. The van der Waals surface area contributed by atoms with E-state index in [0.717, 1.165) is 6.08 Å². The van der Waals surface area contributed by atoms with Crippen LogP contribution in [-0.4, -0.2) is 20.9 Å². The van der Waals surface area contributed by atoms with Crippen LogP contribution in [0, 0.1) is 5.82 Å². The number of ether oxygens (including phenoxy) is 1. The van der Waals surface area contributed by atoms with Gasteiger partial charge in [0.05, 0.1) is 17.2 Å². The van der Waals surface area contributed by atoms with Gasteiger partial charge in [0.1, 0.15) is 11.6 Å². The minimum Gasteiger partial charge on any atom is -0.494 e. The number of anilines is 1. The number of sulfonamides is 1. The summed E-state index contributed by atoms with van der Waals surface area (Å²) in [5, 5.41) is 0.370. The van der Waals surface area contributed by atoms with Crippen LogP contribution >= 0.6 is 11.6 Å². The molecule has 0 aliphatic carbocycles. The van der Waals surface area contributed by atoms with Crippen LogP contribution in [0.25, 0.3) is 6.08 Å². The van der Waals surface area contributed by atoms with E-state index in [9.17, 15) is 17.6 Å². The summed E-state index contributed by atoms with van der Waals surface area (Å²) in [7, 11) is -4.23. The Kier molecular flexibility index (Phi) is 7.09. The molecule has 0 bridgehead atoms. The topological polar surface area (TPSA) is 63.7 Å². The van der Waals surface area contributed by atoms with Crippen molar-refractivity contribution in [1.82, 2.24) is 0 Å². The predicted molar refractivity (Wildman–Crippen MR) is 119 cm³/mol. The Morgan fingerprint density at radius 1 is 1.00 bits per heavy atom. The molecule has 0 aromatic heterocycles. The summed E-state index contributed by atoms with van der Waals surface area (Å²) in [5.41, 5.74) is 0.692. The summed E-state index contributed by atoms with van der Waals surface area (Å²) in [4.78, 5) is 12.9. The summed E-state index contributed by atoms with van der Waals surface area (Å²) in [6, 6.07) is 17.1. The third-order valence-corrected chi connectivity index (χ3v) is 6.21. The standard InChI is InChI=1S/C23H19ClFNO4S/c1-2-30-21-12-10-20(11-13-21)26(31(28,29)22-14-6-18(24)7-15-22)23(27)16-5-17-3-8-19(25)9-4-17/h3-16H,2H2,1H3/b16-5+. The molecule has 0 radical (unpaired) electrons. The molecule has 0 heterocycles. The van der Waals surface area contributed by atoms with Crippen molar-refractivity contribution in [1.29, 1.82) is 0 Å². The Bertz CT molecular complexity index is 1180. The first-order valence-electron chi connectivity index (χ1n) is 9.32. The van der Waals surface area contributed by atoms with E-state index in [1.165, 1.54) is 66.7 Å². The summed E-state index contributed by atoms with van der Waals surface area (Å²) >= 11 is 5.87. The van der Waals surface area contributed by atoms with Gasteiger partial charge in [-0.2, -0.15) is 4.31 Å².